The first kappa shape index (κ1) is 34.0. The molecule has 0 bridgehead atoms. The van der Waals surface area contributed by atoms with E-state index in [9.17, 15) is 19.5 Å². The predicted molar refractivity (Wildman–Crippen MR) is 186 cm³/mol. The molecular weight excluding hydrogens is 622 g/mol. The van der Waals surface area contributed by atoms with Gasteiger partial charge in [0.2, 0.25) is 0 Å². The van der Waals surface area contributed by atoms with Crippen LogP contribution >= 0.6 is 0 Å². The predicted octanol–water partition coefficient (Wildman–Crippen LogP) is 4.78. The van der Waals surface area contributed by atoms with E-state index >= 15 is 0 Å². The molecule has 0 spiro atoms. The first-order valence-corrected chi connectivity index (χ1v) is 16.9. The number of carbonyl (C=O) groups excluding carboxylic acids is 2. The molecule has 49 heavy (non-hydrogen) atoms. The van der Waals surface area contributed by atoms with Crippen LogP contribution in [0.15, 0.2) is 60.8 Å². The summed E-state index contributed by atoms with van der Waals surface area (Å²) in [5, 5.41) is 32.2. The molecule has 4 aromatic rings. The first-order chi connectivity index (χ1) is 23.7. The molecule has 0 radical (unpaired) electrons. The number of aliphatic carboxylic acids is 1. The van der Waals surface area contributed by atoms with Gasteiger partial charge in [-0.05, 0) is 105 Å². The molecule has 5 N–H and O–H groups in total. The van der Waals surface area contributed by atoms with E-state index in [1.165, 1.54) is 0 Å². The molecule has 1 saturated heterocycles. The number of pyridine rings is 1. The first-order valence-electron chi connectivity index (χ1n) is 16.9. The highest BCUT2D eigenvalue weighted by molar-refractivity contribution is 6.05. The second kappa shape index (κ2) is 15.1. The zero-order chi connectivity index (χ0) is 34.5. The number of amides is 2. The van der Waals surface area contributed by atoms with Gasteiger partial charge in [-0.2, -0.15) is 5.10 Å². The highest BCUT2D eigenvalue weighted by Gasteiger charge is 2.33. The summed E-state index contributed by atoms with van der Waals surface area (Å²) in [4.78, 5) is 44.7. The number of anilines is 2. The topological polar surface area (TPSA) is 162 Å². The van der Waals surface area contributed by atoms with Crippen molar-refractivity contribution >= 4 is 29.2 Å². The van der Waals surface area contributed by atoms with Crippen molar-refractivity contribution in [1.29, 1.82) is 0 Å². The Morgan fingerprint density at radius 1 is 0.857 bits per heavy atom. The van der Waals surface area contributed by atoms with Crippen LogP contribution in [0.25, 0.3) is 11.1 Å². The number of benzene rings is 2. The van der Waals surface area contributed by atoms with Crippen molar-refractivity contribution in [1.82, 2.24) is 25.0 Å². The summed E-state index contributed by atoms with van der Waals surface area (Å²) in [6.07, 6.45) is 4.82. The van der Waals surface area contributed by atoms with Gasteiger partial charge in [-0.3, -0.25) is 28.9 Å². The van der Waals surface area contributed by atoms with Crippen molar-refractivity contribution in [2.24, 2.45) is 5.92 Å². The molecule has 2 aliphatic rings. The lowest BCUT2D eigenvalue weighted by Crippen LogP contribution is -2.40. The van der Waals surface area contributed by atoms with Gasteiger partial charge in [0.15, 0.2) is 5.69 Å². The Hall–Kier alpha value is -4.91. The third-order valence-corrected chi connectivity index (χ3v) is 9.68. The summed E-state index contributed by atoms with van der Waals surface area (Å²) < 4.78 is 1.93. The fourth-order valence-corrected chi connectivity index (χ4v) is 6.87. The lowest BCUT2D eigenvalue weighted by molar-refractivity contribution is -0.143. The standard InChI is InChI=1S/C37H43N7O5/c1-23-27(6-3-8-29(23)40-35(46)31-12-11-25(22-39-31)21-38-15-19-45)28-7-4-9-30(24(28)2)41-36(47)32-20-34-33(10-5-16-44(34)42-32)43-17-13-26(14-18-43)37(48)49/h3-4,6-9,11-12,20,22,26,33,38,45H,5,10,13-19,21H2,1-2H3,(H,40,46)(H,41,47)(H,48,49). The quantitative estimate of drug-likeness (QED) is 0.142. The smallest absolute Gasteiger partial charge is 0.306 e. The Morgan fingerprint density at radius 3 is 2.10 bits per heavy atom. The van der Waals surface area contributed by atoms with Crippen LogP contribution in [-0.4, -0.2) is 73.9 Å². The molecule has 12 nitrogen and oxygen atoms in total. The zero-order valence-corrected chi connectivity index (χ0v) is 27.9. The van der Waals surface area contributed by atoms with Crippen LogP contribution in [0, 0.1) is 19.8 Å². The average molecular weight is 666 g/mol. The Bertz CT molecular complexity index is 1830. The number of aliphatic hydroxyl groups excluding tert-OH is 1. The van der Waals surface area contributed by atoms with Crippen molar-refractivity contribution in [3.63, 3.8) is 0 Å². The number of hydrogen-bond acceptors (Lipinski definition) is 8. The summed E-state index contributed by atoms with van der Waals surface area (Å²) in [6.45, 7) is 7.20. The molecule has 6 rings (SSSR count). The van der Waals surface area contributed by atoms with Crippen LogP contribution in [0.2, 0.25) is 0 Å². The number of rotatable bonds is 11. The third kappa shape index (κ3) is 7.56. The number of fused-ring (bicyclic) bond motifs is 1. The van der Waals surface area contributed by atoms with Gasteiger partial charge in [0.25, 0.3) is 11.8 Å². The van der Waals surface area contributed by atoms with E-state index in [-0.39, 0.29) is 30.4 Å². The Labute approximate surface area is 285 Å². The molecule has 0 saturated carbocycles. The summed E-state index contributed by atoms with van der Waals surface area (Å²) in [5.41, 5.74) is 7.54. The van der Waals surface area contributed by atoms with E-state index in [2.05, 4.69) is 30.9 Å². The number of piperidine rings is 1. The van der Waals surface area contributed by atoms with E-state index in [0.29, 0.717) is 48.7 Å². The number of aliphatic hydroxyl groups is 1. The minimum atomic E-state index is -0.721. The second-order valence-electron chi connectivity index (χ2n) is 12.8. The second-order valence-corrected chi connectivity index (χ2v) is 12.8. The molecule has 1 atom stereocenters. The minimum absolute atomic E-state index is 0.0539. The fourth-order valence-electron chi connectivity index (χ4n) is 6.87. The number of aromatic nitrogens is 3. The van der Waals surface area contributed by atoms with Crippen molar-refractivity contribution in [3.8, 4) is 11.1 Å². The van der Waals surface area contributed by atoms with Gasteiger partial charge in [0, 0.05) is 37.2 Å². The van der Waals surface area contributed by atoms with E-state index in [4.69, 9.17) is 5.11 Å². The maximum atomic E-state index is 13.6. The van der Waals surface area contributed by atoms with Gasteiger partial charge in [0.05, 0.1) is 24.3 Å². The van der Waals surface area contributed by atoms with Crippen molar-refractivity contribution in [2.45, 2.75) is 58.7 Å². The number of aryl methyl sites for hydroxylation is 1. The summed E-state index contributed by atoms with van der Waals surface area (Å²) in [5.74, 6) is -1.61. The average Bonchev–Trinajstić information content (AvgIpc) is 3.56. The van der Waals surface area contributed by atoms with Crippen LogP contribution in [0.3, 0.4) is 0 Å². The Balaban J connectivity index is 1.15. The van der Waals surface area contributed by atoms with E-state index in [0.717, 1.165) is 66.0 Å². The largest absolute Gasteiger partial charge is 0.481 e. The zero-order valence-electron chi connectivity index (χ0n) is 27.9. The molecule has 1 fully saturated rings. The number of carbonyl (C=O) groups is 3. The normalized spacial score (nSPS) is 16.6. The molecule has 0 aliphatic carbocycles. The number of likely N-dealkylation sites (tertiary alicyclic amines) is 1. The van der Waals surface area contributed by atoms with Gasteiger partial charge in [-0.1, -0.05) is 30.3 Å². The number of carboxylic acids is 1. The van der Waals surface area contributed by atoms with Crippen LogP contribution < -0.4 is 16.0 Å². The summed E-state index contributed by atoms with van der Waals surface area (Å²) >= 11 is 0. The van der Waals surface area contributed by atoms with Crippen LogP contribution in [0.1, 0.15) is 75.1 Å². The molecule has 1 unspecified atom stereocenters. The van der Waals surface area contributed by atoms with Crippen LogP contribution in [0.5, 0.6) is 0 Å². The maximum absolute atomic E-state index is 13.6. The lowest BCUT2D eigenvalue weighted by atomic mass is 9.93. The van der Waals surface area contributed by atoms with Crippen LogP contribution in [0.4, 0.5) is 11.4 Å². The maximum Gasteiger partial charge on any atom is 0.306 e. The molecule has 12 heteroatoms. The molecule has 2 aromatic carbocycles. The highest BCUT2D eigenvalue weighted by Crippen LogP contribution is 2.36. The number of nitrogens with zero attached hydrogens (tertiary/aromatic N) is 4. The van der Waals surface area contributed by atoms with Crippen LogP contribution in [-0.2, 0) is 17.9 Å². The molecule has 4 heterocycles. The van der Waals surface area contributed by atoms with E-state index in [1.54, 1.807) is 12.3 Å². The Morgan fingerprint density at radius 2 is 1.51 bits per heavy atom. The van der Waals surface area contributed by atoms with Crippen molar-refractivity contribution in [3.05, 3.63) is 94.6 Å². The van der Waals surface area contributed by atoms with Crippen molar-refractivity contribution in [2.75, 3.05) is 36.9 Å². The fraction of sp³-hybridized carbons (Fsp3) is 0.378. The Kier molecular flexibility index (Phi) is 10.5. The number of hydrogen-bond donors (Lipinski definition) is 5. The third-order valence-electron chi connectivity index (χ3n) is 9.68. The monoisotopic (exact) mass is 665 g/mol. The molecular formula is C37H43N7O5. The van der Waals surface area contributed by atoms with Gasteiger partial charge >= 0.3 is 5.97 Å². The van der Waals surface area contributed by atoms with Gasteiger partial charge in [-0.25, -0.2) is 0 Å². The van der Waals surface area contributed by atoms with Gasteiger partial charge in [0.1, 0.15) is 5.69 Å². The van der Waals surface area contributed by atoms with Crippen molar-refractivity contribution < 1.29 is 24.6 Å². The number of nitrogens with one attached hydrogen (secondary N) is 3. The molecule has 2 amide bonds. The molecule has 2 aliphatic heterocycles. The number of carboxylic acid groups (broad SMARTS) is 1. The minimum Gasteiger partial charge on any atom is -0.481 e. The summed E-state index contributed by atoms with van der Waals surface area (Å²) in [6, 6.07) is 17.0. The van der Waals surface area contributed by atoms with Gasteiger partial charge < -0.3 is 26.2 Å². The lowest BCUT2D eigenvalue weighted by Gasteiger charge is -2.38. The molecule has 2 aromatic heterocycles. The van der Waals surface area contributed by atoms with E-state index in [1.807, 2.05) is 67.1 Å². The SMILES string of the molecule is Cc1c(NC(=O)c2ccc(CNCCO)cn2)cccc1-c1cccc(NC(=O)c2cc3n(n2)CCCC3N2CCC(C(=O)O)CC2)c1C. The molecule has 256 valence electrons. The van der Waals surface area contributed by atoms with E-state index < -0.39 is 5.97 Å². The summed E-state index contributed by atoms with van der Waals surface area (Å²) in [7, 11) is 0. The highest BCUT2D eigenvalue weighted by atomic mass is 16.4. The van der Waals surface area contributed by atoms with Gasteiger partial charge in [-0.15, -0.1) is 0 Å².